The molecule has 0 N–H and O–H groups in total. The van der Waals surface area contributed by atoms with Gasteiger partial charge in [-0.25, -0.2) is 0 Å². The van der Waals surface area contributed by atoms with Gasteiger partial charge in [0, 0.05) is 12.2 Å². The molecule has 0 aromatic heterocycles. The maximum absolute atomic E-state index is 12.4. The second kappa shape index (κ2) is 6.31. The first-order chi connectivity index (χ1) is 11.3. The van der Waals surface area contributed by atoms with E-state index in [4.69, 9.17) is 4.74 Å². The Morgan fingerprint density at radius 2 is 1.92 bits per heavy atom. The Morgan fingerprint density at radius 3 is 2.62 bits per heavy atom. The van der Waals surface area contributed by atoms with Crippen molar-refractivity contribution in [3.63, 3.8) is 0 Å². The van der Waals surface area contributed by atoms with E-state index in [-0.39, 0.29) is 12.0 Å². The molecule has 0 saturated heterocycles. The Bertz CT molecular complexity index is 745. The maximum Gasteiger partial charge on any atom is 0.308 e. The number of benzene rings is 2. The van der Waals surface area contributed by atoms with E-state index in [1.165, 1.54) is 16.7 Å². The monoisotopic (exact) mass is 323 g/mol. The summed E-state index contributed by atoms with van der Waals surface area (Å²) in [6.07, 6.45) is 0.363. The lowest BCUT2D eigenvalue weighted by atomic mass is 10.0. The van der Waals surface area contributed by atoms with Crippen LogP contribution in [0.25, 0.3) is 0 Å². The van der Waals surface area contributed by atoms with Crippen molar-refractivity contribution >= 4 is 11.7 Å². The predicted octanol–water partition coefficient (Wildman–Crippen LogP) is 4.79. The number of carbonyl (C=O) groups excluding carboxylic acids is 1. The van der Waals surface area contributed by atoms with E-state index >= 15 is 0 Å². The lowest BCUT2D eigenvalue weighted by molar-refractivity contribution is -0.155. The van der Waals surface area contributed by atoms with Gasteiger partial charge in [-0.05, 0) is 56.5 Å². The number of aryl methyl sites for hydroxylation is 1. The fraction of sp³-hybridized carbons (Fsp3) is 0.381. The molecular formula is C21H25NO2. The number of nitrogens with zero attached hydrogens (tertiary/aromatic N) is 1. The molecule has 2 aromatic carbocycles. The summed E-state index contributed by atoms with van der Waals surface area (Å²) in [5.41, 5.74) is 4.43. The van der Waals surface area contributed by atoms with Crippen molar-refractivity contribution in [2.24, 2.45) is 0 Å². The lowest BCUT2D eigenvalue weighted by Gasteiger charge is -2.28. The Kier molecular flexibility index (Phi) is 4.35. The second-order valence-electron chi connectivity index (χ2n) is 7.47. The van der Waals surface area contributed by atoms with E-state index in [9.17, 15) is 4.79 Å². The number of anilines is 1. The van der Waals surface area contributed by atoms with Crippen LogP contribution in [0.4, 0.5) is 5.69 Å². The van der Waals surface area contributed by atoms with Crippen LogP contribution in [0.15, 0.2) is 48.5 Å². The average molecular weight is 323 g/mol. The van der Waals surface area contributed by atoms with Gasteiger partial charge in [0.05, 0.1) is 12.5 Å². The topological polar surface area (TPSA) is 29.5 Å². The van der Waals surface area contributed by atoms with Crippen LogP contribution in [0.5, 0.6) is 0 Å². The number of rotatable bonds is 3. The van der Waals surface area contributed by atoms with Crippen molar-refractivity contribution in [1.82, 2.24) is 0 Å². The molecule has 0 radical (unpaired) electrons. The summed E-state index contributed by atoms with van der Waals surface area (Å²) in [6, 6.07) is 16.8. The third kappa shape index (κ3) is 3.61. The Morgan fingerprint density at radius 1 is 1.17 bits per heavy atom. The highest BCUT2D eigenvalue weighted by molar-refractivity contribution is 5.73. The minimum absolute atomic E-state index is 0.0258. The standard InChI is InChI=1S/C21H25NO2/c1-15-8-7-10-17(12-15)22-14-16-9-5-6-11-18(16)19(22)13-20(23)24-21(2,3)4/h5-12,19H,13-14H2,1-4H3. The number of carbonyl (C=O) groups is 1. The Hall–Kier alpha value is -2.29. The number of fused-ring (bicyclic) bond motifs is 1. The largest absolute Gasteiger partial charge is 0.460 e. The van der Waals surface area contributed by atoms with Gasteiger partial charge in [0.15, 0.2) is 0 Å². The van der Waals surface area contributed by atoms with Gasteiger partial charge in [0.25, 0.3) is 0 Å². The van der Waals surface area contributed by atoms with Crippen LogP contribution in [0.1, 0.15) is 49.9 Å². The number of ether oxygens (including phenoxy) is 1. The molecule has 3 nitrogen and oxygen atoms in total. The van der Waals surface area contributed by atoms with Crippen molar-refractivity contribution < 1.29 is 9.53 Å². The van der Waals surface area contributed by atoms with Crippen molar-refractivity contribution in [2.75, 3.05) is 4.90 Å². The molecule has 3 heteroatoms. The number of hydrogen-bond acceptors (Lipinski definition) is 3. The summed E-state index contributed by atoms with van der Waals surface area (Å²) in [5, 5.41) is 0. The van der Waals surface area contributed by atoms with Crippen LogP contribution >= 0.6 is 0 Å². The van der Waals surface area contributed by atoms with Crippen LogP contribution in [-0.2, 0) is 16.1 Å². The molecule has 2 aromatic rings. The quantitative estimate of drug-likeness (QED) is 0.761. The first-order valence-electron chi connectivity index (χ1n) is 8.46. The van der Waals surface area contributed by atoms with Crippen molar-refractivity contribution in [3.8, 4) is 0 Å². The summed E-state index contributed by atoms with van der Waals surface area (Å²) < 4.78 is 5.56. The van der Waals surface area contributed by atoms with Gasteiger partial charge >= 0.3 is 5.97 Å². The van der Waals surface area contributed by atoms with E-state index < -0.39 is 5.60 Å². The van der Waals surface area contributed by atoms with Gasteiger partial charge < -0.3 is 9.64 Å². The fourth-order valence-corrected chi connectivity index (χ4v) is 3.30. The number of hydrogen-bond donors (Lipinski definition) is 0. The molecule has 1 atom stereocenters. The van der Waals surface area contributed by atoms with Crippen molar-refractivity contribution in [3.05, 3.63) is 65.2 Å². The van der Waals surface area contributed by atoms with Crippen LogP contribution in [0, 0.1) is 6.92 Å². The van der Waals surface area contributed by atoms with E-state index in [0.29, 0.717) is 6.42 Å². The summed E-state index contributed by atoms with van der Waals surface area (Å²) in [6.45, 7) is 8.64. The number of esters is 1. The van der Waals surface area contributed by atoms with E-state index in [0.717, 1.165) is 12.2 Å². The summed E-state index contributed by atoms with van der Waals surface area (Å²) in [7, 11) is 0. The van der Waals surface area contributed by atoms with Gasteiger partial charge in [0.2, 0.25) is 0 Å². The molecule has 1 aliphatic rings. The van der Waals surface area contributed by atoms with Crippen LogP contribution in [0.2, 0.25) is 0 Å². The zero-order valence-electron chi connectivity index (χ0n) is 14.9. The molecule has 0 bridgehead atoms. The first-order valence-corrected chi connectivity index (χ1v) is 8.46. The van der Waals surface area contributed by atoms with E-state index in [1.54, 1.807) is 0 Å². The Labute approximate surface area is 144 Å². The van der Waals surface area contributed by atoms with Gasteiger partial charge in [0.1, 0.15) is 5.60 Å². The van der Waals surface area contributed by atoms with Gasteiger partial charge in [-0.2, -0.15) is 0 Å². The van der Waals surface area contributed by atoms with Crippen LogP contribution in [-0.4, -0.2) is 11.6 Å². The summed E-state index contributed by atoms with van der Waals surface area (Å²) >= 11 is 0. The van der Waals surface area contributed by atoms with Gasteiger partial charge in [-0.15, -0.1) is 0 Å². The Balaban J connectivity index is 1.90. The van der Waals surface area contributed by atoms with Gasteiger partial charge in [-0.1, -0.05) is 36.4 Å². The molecule has 1 aliphatic heterocycles. The lowest BCUT2D eigenvalue weighted by Crippen LogP contribution is -2.29. The molecule has 0 aliphatic carbocycles. The van der Waals surface area contributed by atoms with Crippen molar-refractivity contribution in [2.45, 2.75) is 52.3 Å². The van der Waals surface area contributed by atoms with Crippen LogP contribution in [0.3, 0.4) is 0 Å². The predicted molar refractivity (Wildman–Crippen MR) is 97.0 cm³/mol. The highest BCUT2D eigenvalue weighted by atomic mass is 16.6. The van der Waals surface area contributed by atoms with Crippen LogP contribution < -0.4 is 4.90 Å². The van der Waals surface area contributed by atoms with E-state index in [2.05, 4.69) is 54.3 Å². The zero-order valence-corrected chi connectivity index (χ0v) is 14.9. The molecule has 0 amide bonds. The van der Waals surface area contributed by atoms with E-state index in [1.807, 2.05) is 26.8 Å². The molecule has 1 unspecified atom stereocenters. The molecule has 0 fully saturated rings. The van der Waals surface area contributed by atoms with Crippen molar-refractivity contribution in [1.29, 1.82) is 0 Å². The SMILES string of the molecule is Cc1cccc(N2Cc3ccccc3C2CC(=O)OC(C)(C)C)c1. The third-order valence-corrected chi connectivity index (χ3v) is 4.24. The third-order valence-electron chi connectivity index (χ3n) is 4.24. The molecule has 24 heavy (non-hydrogen) atoms. The molecule has 3 rings (SSSR count). The highest BCUT2D eigenvalue weighted by Crippen LogP contribution is 2.39. The van der Waals surface area contributed by atoms with Gasteiger partial charge in [-0.3, -0.25) is 4.79 Å². The summed E-state index contributed by atoms with van der Waals surface area (Å²) in [5.74, 6) is -0.151. The molecule has 1 heterocycles. The average Bonchev–Trinajstić information content (AvgIpc) is 2.84. The molecule has 0 saturated carbocycles. The first kappa shape index (κ1) is 16.6. The zero-order chi connectivity index (χ0) is 17.3. The molecule has 126 valence electrons. The summed E-state index contributed by atoms with van der Waals surface area (Å²) in [4.78, 5) is 14.7. The second-order valence-corrected chi connectivity index (χ2v) is 7.47. The minimum Gasteiger partial charge on any atom is -0.460 e. The fourth-order valence-electron chi connectivity index (χ4n) is 3.30. The molecular weight excluding hydrogens is 298 g/mol. The smallest absolute Gasteiger partial charge is 0.308 e. The minimum atomic E-state index is -0.455. The molecule has 0 spiro atoms. The highest BCUT2D eigenvalue weighted by Gasteiger charge is 2.33. The maximum atomic E-state index is 12.4. The normalized spacial score (nSPS) is 16.8.